The van der Waals surface area contributed by atoms with Crippen molar-refractivity contribution in [2.24, 2.45) is 5.92 Å². The third-order valence-corrected chi connectivity index (χ3v) is 2.67. The van der Waals surface area contributed by atoms with E-state index in [1.807, 2.05) is 24.3 Å². The first-order valence-corrected chi connectivity index (χ1v) is 4.81. The SMILES string of the molecule is OCC1Cc2ccccc2OC1CO. The highest BCUT2D eigenvalue weighted by Crippen LogP contribution is 2.30. The summed E-state index contributed by atoms with van der Waals surface area (Å²) in [5.41, 5.74) is 1.11. The lowest BCUT2D eigenvalue weighted by molar-refractivity contribution is 0.0277. The molecule has 0 aromatic heterocycles. The summed E-state index contributed by atoms with van der Waals surface area (Å²) in [5, 5.41) is 18.2. The molecule has 3 heteroatoms. The average molecular weight is 194 g/mol. The summed E-state index contributed by atoms with van der Waals surface area (Å²) in [6, 6.07) is 7.75. The first-order chi connectivity index (χ1) is 6.85. The highest BCUT2D eigenvalue weighted by molar-refractivity contribution is 5.35. The molecule has 1 aromatic rings. The van der Waals surface area contributed by atoms with E-state index in [4.69, 9.17) is 14.9 Å². The third-order valence-electron chi connectivity index (χ3n) is 2.67. The van der Waals surface area contributed by atoms with Gasteiger partial charge in [-0.25, -0.2) is 0 Å². The molecule has 1 aliphatic rings. The van der Waals surface area contributed by atoms with Gasteiger partial charge in [-0.1, -0.05) is 18.2 Å². The minimum absolute atomic E-state index is 0.00917. The minimum Gasteiger partial charge on any atom is -0.487 e. The molecule has 76 valence electrons. The molecule has 0 aliphatic carbocycles. The van der Waals surface area contributed by atoms with Gasteiger partial charge in [-0.05, 0) is 18.1 Å². The number of fused-ring (bicyclic) bond motifs is 1. The maximum atomic E-state index is 9.13. The van der Waals surface area contributed by atoms with Crippen LogP contribution in [0.4, 0.5) is 0 Å². The largest absolute Gasteiger partial charge is 0.487 e. The van der Waals surface area contributed by atoms with Crippen molar-refractivity contribution in [2.45, 2.75) is 12.5 Å². The fourth-order valence-corrected chi connectivity index (χ4v) is 1.83. The van der Waals surface area contributed by atoms with Gasteiger partial charge in [0.1, 0.15) is 11.9 Å². The van der Waals surface area contributed by atoms with Crippen molar-refractivity contribution >= 4 is 0 Å². The number of ether oxygens (including phenoxy) is 1. The monoisotopic (exact) mass is 194 g/mol. The summed E-state index contributed by atoms with van der Waals surface area (Å²) in [5.74, 6) is 0.839. The van der Waals surface area contributed by atoms with Crippen LogP contribution in [-0.4, -0.2) is 29.5 Å². The van der Waals surface area contributed by atoms with E-state index in [0.29, 0.717) is 0 Å². The predicted octanol–water partition coefficient (Wildman–Crippen LogP) is 0.591. The molecule has 0 saturated carbocycles. The van der Waals surface area contributed by atoms with Crippen molar-refractivity contribution in [3.63, 3.8) is 0 Å². The summed E-state index contributed by atoms with van der Waals surface area (Å²) in [6.45, 7) is 0.0130. The van der Waals surface area contributed by atoms with Crippen LogP contribution in [0.25, 0.3) is 0 Å². The Morgan fingerprint density at radius 1 is 1.21 bits per heavy atom. The van der Waals surface area contributed by atoms with E-state index in [1.54, 1.807) is 0 Å². The fraction of sp³-hybridized carbons (Fsp3) is 0.455. The van der Waals surface area contributed by atoms with Crippen LogP contribution in [0.3, 0.4) is 0 Å². The molecule has 2 atom stereocenters. The number of aliphatic hydroxyl groups excluding tert-OH is 2. The van der Waals surface area contributed by atoms with Gasteiger partial charge in [0, 0.05) is 12.5 Å². The molecule has 1 heterocycles. The minimum atomic E-state index is -0.269. The number of benzene rings is 1. The van der Waals surface area contributed by atoms with Crippen LogP contribution in [0.5, 0.6) is 5.75 Å². The van der Waals surface area contributed by atoms with E-state index in [0.717, 1.165) is 17.7 Å². The topological polar surface area (TPSA) is 49.7 Å². The number of rotatable bonds is 2. The quantitative estimate of drug-likeness (QED) is 0.724. The first kappa shape index (κ1) is 9.49. The standard InChI is InChI=1S/C11H14O3/c12-6-9-5-8-3-1-2-4-10(8)14-11(9)7-13/h1-4,9,11-13H,5-7H2. The van der Waals surface area contributed by atoms with Crippen molar-refractivity contribution < 1.29 is 14.9 Å². The van der Waals surface area contributed by atoms with Crippen LogP contribution in [-0.2, 0) is 6.42 Å². The van der Waals surface area contributed by atoms with Crippen molar-refractivity contribution in [1.29, 1.82) is 0 Å². The zero-order valence-electron chi connectivity index (χ0n) is 7.89. The van der Waals surface area contributed by atoms with Crippen LogP contribution in [0, 0.1) is 5.92 Å². The van der Waals surface area contributed by atoms with E-state index in [2.05, 4.69) is 0 Å². The summed E-state index contributed by atoms with van der Waals surface area (Å²) < 4.78 is 5.57. The summed E-state index contributed by atoms with van der Waals surface area (Å²) >= 11 is 0. The van der Waals surface area contributed by atoms with E-state index in [1.165, 1.54) is 0 Å². The van der Waals surface area contributed by atoms with Gasteiger partial charge < -0.3 is 14.9 Å². The number of aliphatic hydroxyl groups is 2. The van der Waals surface area contributed by atoms with E-state index in [-0.39, 0.29) is 25.2 Å². The second kappa shape index (κ2) is 3.98. The maximum Gasteiger partial charge on any atom is 0.127 e. The van der Waals surface area contributed by atoms with Crippen LogP contribution in [0.2, 0.25) is 0 Å². The Labute approximate surface area is 83.0 Å². The molecular formula is C11H14O3. The Kier molecular flexibility index (Phi) is 2.70. The summed E-state index contributed by atoms with van der Waals surface area (Å²) in [6.07, 6.45) is 0.507. The molecule has 1 aromatic carbocycles. The Morgan fingerprint density at radius 3 is 2.71 bits per heavy atom. The van der Waals surface area contributed by atoms with Gasteiger partial charge in [0.25, 0.3) is 0 Å². The molecule has 2 N–H and O–H groups in total. The Balaban J connectivity index is 2.25. The average Bonchev–Trinajstić information content (AvgIpc) is 2.27. The van der Waals surface area contributed by atoms with E-state index < -0.39 is 0 Å². The van der Waals surface area contributed by atoms with E-state index >= 15 is 0 Å². The molecule has 0 spiro atoms. The molecule has 1 aliphatic heterocycles. The lowest BCUT2D eigenvalue weighted by Crippen LogP contribution is -2.37. The molecule has 0 saturated heterocycles. The molecule has 0 amide bonds. The van der Waals surface area contributed by atoms with Gasteiger partial charge in [-0.3, -0.25) is 0 Å². The molecule has 2 rings (SSSR count). The van der Waals surface area contributed by atoms with E-state index in [9.17, 15) is 0 Å². The van der Waals surface area contributed by atoms with Gasteiger partial charge in [-0.15, -0.1) is 0 Å². The molecule has 14 heavy (non-hydrogen) atoms. The number of hydrogen-bond acceptors (Lipinski definition) is 3. The first-order valence-electron chi connectivity index (χ1n) is 4.81. The third kappa shape index (κ3) is 1.61. The smallest absolute Gasteiger partial charge is 0.127 e. The number of para-hydroxylation sites is 1. The van der Waals surface area contributed by atoms with Crippen molar-refractivity contribution in [3.05, 3.63) is 29.8 Å². The second-order valence-corrected chi connectivity index (χ2v) is 3.59. The van der Waals surface area contributed by atoms with Gasteiger partial charge in [0.2, 0.25) is 0 Å². The molecule has 0 fully saturated rings. The highest BCUT2D eigenvalue weighted by Gasteiger charge is 2.28. The fourth-order valence-electron chi connectivity index (χ4n) is 1.83. The lowest BCUT2D eigenvalue weighted by Gasteiger charge is -2.31. The Morgan fingerprint density at radius 2 is 2.00 bits per heavy atom. The predicted molar refractivity (Wildman–Crippen MR) is 52.2 cm³/mol. The highest BCUT2D eigenvalue weighted by atomic mass is 16.5. The Bertz CT molecular complexity index is 280. The second-order valence-electron chi connectivity index (χ2n) is 3.59. The van der Waals surface area contributed by atoms with Crippen LogP contribution < -0.4 is 4.74 Å². The van der Waals surface area contributed by atoms with Gasteiger partial charge in [0.15, 0.2) is 0 Å². The van der Waals surface area contributed by atoms with Gasteiger partial charge in [0.05, 0.1) is 6.61 Å². The molecule has 2 unspecified atom stereocenters. The van der Waals surface area contributed by atoms with Crippen molar-refractivity contribution in [1.82, 2.24) is 0 Å². The van der Waals surface area contributed by atoms with Crippen LogP contribution in [0.1, 0.15) is 5.56 Å². The van der Waals surface area contributed by atoms with Crippen molar-refractivity contribution in [2.75, 3.05) is 13.2 Å². The molecule has 3 nitrogen and oxygen atoms in total. The van der Waals surface area contributed by atoms with Crippen LogP contribution >= 0.6 is 0 Å². The molecule has 0 radical (unpaired) electrons. The number of hydrogen-bond donors (Lipinski definition) is 2. The van der Waals surface area contributed by atoms with Gasteiger partial charge in [-0.2, -0.15) is 0 Å². The maximum absolute atomic E-state index is 9.13. The Hall–Kier alpha value is -1.06. The summed E-state index contributed by atoms with van der Waals surface area (Å²) in [7, 11) is 0. The summed E-state index contributed by atoms with van der Waals surface area (Å²) in [4.78, 5) is 0. The normalized spacial score (nSPS) is 25.3. The van der Waals surface area contributed by atoms with Gasteiger partial charge >= 0.3 is 0 Å². The van der Waals surface area contributed by atoms with Crippen LogP contribution in [0.15, 0.2) is 24.3 Å². The lowest BCUT2D eigenvalue weighted by atomic mass is 9.92. The zero-order valence-corrected chi connectivity index (χ0v) is 7.89. The van der Waals surface area contributed by atoms with Crippen molar-refractivity contribution in [3.8, 4) is 5.75 Å². The molecular weight excluding hydrogens is 180 g/mol. The zero-order chi connectivity index (χ0) is 9.97. The molecule has 0 bridgehead atoms.